The molecule has 1 unspecified atom stereocenters. The van der Waals surface area contributed by atoms with E-state index in [0.717, 1.165) is 5.75 Å². The Bertz CT molecular complexity index is 269. The average molecular weight is 194 g/mol. The first-order chi connectivity index (χ1) is 6.24. The van der Waals surface area contributed by atoms with Gasteiger partial charge < -0.3 is 4.79 Å². The van der Waals surface area contributed by atoms with Crippen LogP contribution >= 0.6 is 12.6 Å². The van der Waals surface area contributed by atoms with Crippen LogP contribution in [0.4, 0.5) is 0 Å². The summed E-state index contributed by atoms with van der Waals surface area (Å²) in [4.78, 5) is 11.0. The van der Waals surface area contributed by atoms with Crippen LogP contribution in [0.5, 0.6) is 0 Å². The molecule has 0 aliphatic rings. The van der Waals surface area contributed by atoms with Crippen LogP contribution in [0.3, 0.4) is 0 Å². The van der Waals surface area contributed by atoms with Crippen LogP contribution in [0.15, 0.2) is 30.3 Å². The highest BCUT2D eigenvalue weighted by atomic mass is 32.1. The molecule has 1 nitrogen and oxygen atoms in total. The highest BCUT2D eigenvalue weighted by molar-refractivity contribution is 7.80. The van der Waals surface area contributed by atoms with E-state index in [1.807, 2.05) is 30.3 Å². The van der Waals surface area contributed by atoms with Gasteiger partial charge in [0.05, 0.1) is 0 Å². The van der Waals surface area contributed by atoms with Crippen LogP contribution in [0.1, 0.15) is 24.8 Å². The van der Waals surface area contributed by atoms with Crippen LogP contribution in [-0.2, 0) is 4.79 Å². The zero-order valence-corrected chi connectivity index (χ0v) is 8.63. The Balaban J connectivity index is 2.73. The van der Waals surface area contributed by atoms with E-state index < -0.39 is 0 Å². The fourth-order valence-electron chi connectivity index (χ4n) is 1.36. The van der Waals surface area contributed by atoms with Crippen molar-refractivity contribution >= 4 is 18.4 Å². The summed E-state index contributed by atoms with van der Waals surface area (Å²) in [6.45, 7) is 1.62. The molecule has 0 aliphatic heterocycles. The SMILES string of the molecule is CC(=O)CC(CS)c1ccccc1. The molecule has 2 heteroatoms. The summed E-state index contributed by atoms with van der Waals surface area (Å²) in [7, 11) is 0. The fraction of sp³-hybridized carbons (Fsp3) is 0.364. The van der Waals surface area contributed by atoms with Gasteiger partial charge in [-0.2, -0.15) is 12.6 Å². The second-order valence-electron chi connectivity index (χ2n) is 3.20. The lowest BCUT2D eigenvalue weighted by molar-refractivity contribution is -0.117. The van der Waals surface area contributed by atoms with Crippen LogP contribution in [0.25, 0.3) is 0 Å². The van der Waals surface area contributed by atoms with Gasteiger partial charge in [0.1, 0.15) is 5.78 Å². The number of hydrogen-bond acceptors (Lipinski definition) is 2. The molecule has 0 saturated heterocycles. The van der Waals surface area contributed by atoms with Crippen molar-refractivity contribution in [1.82, 2.24) is 0 Å². The second-order valence-corrected chi connectivity index (χ2v) is 3.56. The van der Waals surface area contributed by atoms with Gasteiger partial charge in [0.15, 0.2) is 0 Å². The molecule has 1 rings (SSSR count). The van der Waals surface area contributed by atoms with E-state index in [2.05, 4.69) is 12.6 Å². The predicted molar refractivity (Wildman–Crippen MR) is 58.3 cm³/mol. The lowest BCUT2D eigenvalue weighted by Crippen LogP contribution is -2.05. The summed E-state index contributed by atoms with van der Waals surface area (Å²) in [5.74, 6) is 1.22. The van der Waals surface area contributed by atoms with Gasteiger partial charge in [-0.3, -0.25) is 0 Å². The number of carbonyl (C=O) groups excluding carboxylic acids is 1. The van der Waals surface area contributed by atoms with Crippen molar-refractivity contribution < 1.29 is 4.79 Å². The van der Waals surface area contributed by atoms with E-state index >= 15 is 0 Å². The third kappa shape index (κ3) is 3.23. The van der Waals surface area contributed by atoms with Crippen molar-refractivity contribution in [3.05, 3.63) is 35.9 Å². The maximum absolute atomic E-state index is 11.0. The van der Waals surface area contributed by atoms with Gasteiger partial charge in [-0.15, -0.1) is 0 Å². The minimum atomic E-state index is 0.225. The summed E-state index contributed by atoms with van der Waals surface area (Å²) in [5, 5.41) is 0. The largest absolute Gasteiger partial charge is 0.300 e. The van der Waals surface area contributed by atoms with Gasteiger partial charge in [-0.1, -0.05) is 30.3 Å². The number of ketones is 1. The molecule has 0 saturated carbocycles. The van der Waals surface area contributed by atoms with E-state index in [0.29, 0.717) is 6.42 Å². The quantitative estimate of drug-likeness (QED) is 0.729. The fourth-order valence-corrected chi connectivity index (χ4v) is 1.70. The summed E-state index contributed by atoms with van der Waals surface area (Å²) in [6.07, 6.45) is 0.591. The Hall–Kier alpha value is -0.760. The van der Waals surface area contributed by atoms with Crippen molar-refractivity contribution in [2.24, 2.45) is 0 Å². The maximum Gasteiger partial charge on any atom is 0.130 e. The van der Waals surface area contributed by atoms with Gasteiger partial charge in [0.25, 0.3) is 0 Å². The van der Waals surface area contributed by atoms with Crippen molar-refractivity contribution in [3.63, 3.8) is 0 Å². The van der Waals surface area contributed by atoms with Crippen molar-refractivity contribution in [3.8, 4) is 0 Å². The van der Waals surface area contributed by atoms with E-state index in [4.69, 9.17) is 0 Å². The lowest BCUT2D eigenvalue weighted by atomic mass is 9.96. The number of carbonyl (C=O) groups is 1. The van der Waals surface area contributed by atoms with E-state index in [1.54, 1.807) is 6.92 Å². The van der Waals surface area contributed by atoms with Gasteiger partial charge in [0, 0.05) is 6.42 Å². The molecular formula is C11H14OS. The number of hydrogen-bond donors (Lipinski definition) is 1. The molecule has 0 bridgehead atoms. The van der Waals surface area contributed by atoms with Crippen molar-refractivity contribution in [1.29, 1.82) is 0 Å². The smallest absolute Gasteiger partial charge is 0.130 e. The molecule has 0 N–H and O–H groups in total. The molecular weight excluding hydrogens is 180 g/mol. The van der Waals surface area contributed by atoms with Crippen LogP contribution < -0.4 is 0 Å². The van der Waals surface area contributed by atoms with E-state index in [9.17, 15) is 4.79 Å². The third-order valence-electron chi connectivity index (χ3n) is 2.03. The van der Waals surface area contributed by atoms with Gasteiger partial charge in [-0.25, -0.2) is 0 Å². The average Bonchev–Trinajstić information content (AvgIpc) is 2.15. The Morgan fingerprint density at radius 1 is 1.38 bits per heavy atom. The van der Waals surface area contributed by atoms with Gasteiger partial charge in [-0.05, 0) is 24.2 Å². The van der Waals surface area contributed by atoms with Gasteiger partial charge in [0.2, 0.25) is 0 Å². The number of Topliss-reactive ketones (excluding diaryl/α,β-unsaturated/α-hetero) is 1. The molecule has 0 radical (unpaired) electrons. The Morgan fingerprint density at radius 3 is 2.46 bits per heavy atom. The summed E-state index contributed by atoms with van der Waals surface area (Å²) < 4.78 is 0. The molecule has 70 valence electrons. The third-order valence-corrected chi connectivity index (χ3v) is 2.47. The molecule has 0 aliphatic carbocycles. The minimum absolute atomic E-state index is 0.225. The minimum Gasteiger partial charge on any atom is -0.300 e. The zero-order chi connectivity index (χ0) is 9.68. The summed E-state index contributed by atoms with van der Waals surface area (Å²) >= 11 is 4.25. The topological polar surface area (TPSA) is 17.1 Å². The molecule has 13 heavy (non-hydrogen) atoms. The Labute approximate surface area is 84.6 Å². The first-order valence-electron chi connectivity index (χ1n) is 4.39. The Morgan fingerprint density at radius 2 is 2.00 bits per heavy atom. The highest BCUT2D eigenvalue weighted by Crippen LogP contribution is 2.20. The monoisotopic (exact) mass is 194 g/mol. The van der Waals surface area contributed by atoms with Crippen LogP contribution in [0, 0.1) is 0 Å². The molecule has 0 spiro atoms. The highest BCUT2D eigenvalue weighted by Gasteiger charge is 2.10. The maximum atomic E-state index is 11.0. The number of rotatable bonds is 4. The molecule has 1 atom stereocenters. The summed E-state index contributed by atoms with van der Waals surface area (Å²) in [6, 6.07) is 10.1. The Kier molecular flexibility index (Phi) is 4.03. The summed E-state index contributed by atoms with van der Waals surface area (Å²) in [5.41, 5.74) is 1.20. The standard InChI is InChI=1S/C11H14OS/c1-9(12)7-11(8-13)10-5-3-2-4-6-10/h2-6,11,13H,7-8H2,1H3. The molecule has 0 fully saturated rings. The first-order valence-corrected chi connectivity index (χ1v) is 5.02. The van der Waals surface area contributed by atoms with E-state index in [1.165, 1.54) is 5.56 Å². The molecule has 0 heterocycles. The van der Waals surface area contributed by atoms with Gasteiger partial charge >= 0.3 is 0 Å². The normalized spacial score (nSPS) is 12.5. The predicted octanol–water partition coefficient (Wildman–Crippen LogP) is 2.68. The van der Waals surface area contributed by atoms with Crippen LogP contribution in [0.2, 0.25) is 0 Å². The molecule has 0 aromatic heterocycles. The first kappa shape index (κ1) is 10.3. The van der Waals surface area contributed by atoms with Crippen LogP contribution in [-0.4, -0.2) is 11.5 Å². The van der Waals surface area contributed by atoms with Crippen molar-refractivity contribution in [2.75, 3.05) is 5.75 Å². The number of thiol groups is 1. The molecule has 0 amide bonds. The zero-order valence-electron chi connectivity index (χ0n) is 7.73. The van der Waals surface area contributed by atoms with E-state index in [-0.39, 0.29) is 11.7 Å². The lowest BCUT2D eigenvalue weighted by Gasteiger charge is -2.12. The van der Waals surface area contributed by atoms with Crippen molar-refractivity contribution in [2.45, 2.75) is 19.3 Å². The molecule has 1 aromatic rings. The molecule has 1 aromatic carbocycles. The number of benzene rings is 1. The second kappa shape index (κ2) is 5.07.